The Labute approximate surface area is 165 Å². The molecule has 27 heavy (non-hydrogen) atoms. The Morgan fingerprint density at radius 3 is 2.78 bits per heavy atom. The van der Waals surface area contributed by atoms with E-state index in [0.29, 0.717) is 17.3 Å². The summed E-state index contributed by atoms with van der Waals surface area (Å²) in [5.74, 6) is -0.697. The number of Topliss-reactive ketones (excluding diaryl/α,β-unsaturated/α-hetero) is 1. The van der Waals surface area contributed by atoms with Crippen molar-refractivity contribution in [1.82, 2.24) is 0 Å². The Hall–Kier alpha value is -1.85. The highest BCUT2D eigenvalue weighted by Gasteiger charge is 2.53. The third-order valence-corrected chi connectivity index (χ3v) is 5.34. The number of fused-ring (bicyclic) bond motifs is 1. The van der Waals surface area contributed by atoms with Crippen LogP contribution in [0.25, 0.3) is 0 Å². The lowest BCUT2D eigenvalue weighted by atomic mass is 9.74. The second-order valence-electron chi connectivity index (χ2n) is 7.37. The maximum Gasteiger partial charge on any atom is 0.303 e. The molecule has 2 aliphatic rings. The molecule has 0 saturated carbocycles. The number of carbonyl (C=O) groups excluding carboxylic acids is 2. The van der Waals surface area contributed by atoms with E-state index in [-0.39, 0.29) is 11.6 Å². The SMILES string of the molecule is CC[C@H](C)C=C(C)C=CC1=CC2=C(Cl)C(=O)[C@](C)(O)[C@H](OC(C)=O)[C@H]2CO1. The molecule has 0 aromatic heterocycles. The summed E-state index contributed by atoms with van der Waals surface area (Å²) < 4.78 is 11.0. The molecule has 1 aliphatic carbocycles. The van der Waals surface area contributed by atoms with Crippen molar-refractivity contribution in [3.8, 4) is 0 Å². The number of ketones is 1. The lowest BCUT2D eigenvalue weighted by molar-refractivity contribution is -0.174. The summed E-state index contributed by atoms with van der Waals surface area (Å²) in [6.45, 7) is 8.99. The van der Waals surface area contributed by atoms with Crippen LogP contribution in [0.5, 0.6) is 0 Å². The van der Waals surface area contributed by atoms with Gasteiger partial charge in [0, 0.05) is 6.92 Å². The minimum atomic E-state index is -1.89. The minimum Gasteiger partial charge on any atom is -0.493 e. The number of aliphatic hydroxyl groups is 1. The van der Waals surface area contributed by atoms with Crippen molar-refractivity contribution in [2.45, 2.75) is 52.7 Å². The fourth-order valence-corrected chi connectivity index (χ4v) is 3.62. The number of ether oxygens (including phenoxy) is 2. The van der Waals surface area contributed by atoms with Crippen LogP contribution < -0.4 is 0 Å². The first kappa shape index (κ1) is 21.5. The number of carbonyl (C=O) groups is 2. The molecule has 0 saturated heterocycles. The molecule has 1 N–H and O–H groups in total. The van der Waals surface area contributed by atoms with Crippen LogP contribution in [0.15, 0.2) is 46.2 Å². The maximum absolute atomic E-state index is 12.5. The predicted molar refractivity (Wildman–Crippen MR) is 104 cm³/mol. The second kappa shape index (κ2) is 8.44. The number of rotatable bonds is 5. The van der Waals surface area contributed by atoms with Crippen LogP contribution in [0, 0.1) is 11.8 Å². The summed E-state index contributed by atoms with van der Waals surface area (Å²) in [4.78, 5) is 23.9. The number of hydrogen-bond donors (Lipinski definition) is 1. The van der Waals surface area contributed by atoms with Crippen molar-refractivity contribution < 1.29 is 24.2 Å². The van der Waals surface area contributed by atoms with Gasteiger partial charge in [-0.05, 0) is 37.5 Å². The molecule has 0 amide bonds. The van der Waals surface area contributed by atoms with Crippen molar-refractivity contribution in [3.63, 3.8) is 0 Å². The van der Waals surface area contributed by atoms with Gasteiger partial charge >= 0.3 is 5.97 Å². The van der Waals surface area contributed by atoms with E-state index in [0.717, 1.165) is 12.0 Å². The Morgan fingerprint density at radius 2 is 2.19 bits per heavy atom. The van der Waals surface area contributed by atoms with Crippen LogP contribution in [-0.4, -0.2) is 35.2 Å². The summed E-state index contributed by atoms with van der Waals surface area (Å²) in [5.41, 5.74) is -0.262. The van der Waals surface area contributed by atoms with Crippen molar-refractivity contribution in [2.24, 2.45) is 11.8 Å². The predicted octanol–water partition coefficient (Wildman–Crippen LogP) is 3.82. The van der Waals surface area contributed by atoms with Gasteiger partial charge in [0.1, 0.15) is 11.9 Å². The van der Waals surface area contributed by atoms with Crippen molar-refractivity contribution in [1.29, 1.82) is 0 Å². The van der Waals surface area contributed by atoms with Crippen LogP contribution in [0.2, 0.25) is 0 Å². The number of allylic oxidation sites excluding steroid dienone is 5. The van der Waals surface area contributed by atoms with E-state index < -0.39 is 29.4 Å². The average molecular weight is 395 g/mol. The maximum atomic E-state index is 12.5. The molecule has 0 radical (unpaired) electrons. The first-order valence-electron chi connectivity index (χ1n) is 9.13. The Bertz CT molecular complexity index is 742. The van der Waals surface area contributed by atoms with Gasteiger partial charge in [-0.15, -0.1) is 0 Å². The summed E-state index contributed by atoms with van der Waals surface area (Å²) in [6, 6.07) is 0. The highest BCUT2D eigenvalue weighted by Crippen LogP contribution is 2.41. The van der Waals surface area contributed by atoms with E-state index >= 15 is 0 Å². The second-order valence-corrected chi connectivity index (χ2v) is 7.75. The van der Waals surface area contributed by atoms with Gasteiger partial charge < -0.3 is 14.6 Å². The molecule has 0 aromatic carbocycles. The molecule has 0 unspecified atom stereocenters. The zero-order chi connectivity index (χ0) is 20.4. The normalized spacial score (nSPS) is 30.0. The standard InChI is InChI=1S/C21H27ClO5/c1-6-12(2)9-13(3)7-8-15-10-16-17(11-26-15)20(27-14(4)23)21(5,25)19(24)18(16)22/h7-10,12,17,20,25H,6,11H2,1-5H3/t12-,17-,20+,21-/m0/s1. The van der Waals surface area contributed by atoms with Gasteiger partial charge in [0.25, 0.3) is 0 Å². The van der Waals surface area contributed by atoms with E-state index in [2.05, 4.69) is 19.9 Å². The molecule has 1 heterocycles. The Balaban J connectivity index is 2.34. The average Bonchev–Trinajstić information content (AvgIpc) is 2.61. The fourth-order valence-electron chi connectivity index (χ4n) is 3.24. The summed E-state index contributed by atoms with van der Waals surface area (Å²) in [5, 5.41) is 10.5. The Kier molecular flexibility index (Phi) is 6.71. The summed E-state index contributed by atoms with van der Waals surface area (Å²) in [6.07, 6.45) is 7.62. The third kappa shape index (κ3) is 4.71. The lowest BCUT2D eigenvalue weighted by Crippen LogP contribution is -2.57. The molecule has 148 valence electrons. The van der Waals surface area contributed by atoms with Crippen LogP contribution in [-0.2, 0) is 19.1 Å². The molecule has 6 heteroatoms. The van der Waals surface area contributed by atoms with Gasteiger partial charge in [0.05, 0.1) is 17.6 Å². The summed E-state index contributed by atoms with van der Waals surface area (Å²) in [7, 11) is 0. The highest BCUT2D eigenvalue weighted by atomic mass is 35.5. The van der Waals surface area contributed by atoms with E-state index in [1.165, 1.54) is 13.8 Å². The van der Waals surface area contributed by atoms with Crippen LogP contribution in [0.3, 0.4) is 0 Å². The van der Waals surface area contributed by atoms with Crippen LogP contribution in [0.1, 0.15) is 41.0 Å². The molecular formula is C21H27ClO5. The molecule has 5 nitrogen and oxygen atoms in total. The minimum absolute atomic E-state index is 0.0468. The monoisotopic (exact) mass is 394 g/mol. The molecule has 0 fully saturated rings. The quantitative estimate of drug-likeness (QED) is 0.566. The molecule has 0 spiro atoms. The topological polar surface area (TPSA) is 72.8 Å². The lowest BCUT2D eigenvalue weighted by Gasteiger charge is -2.42. The van der Waals surface area contributed by atoms with Crippen LogP contribution in [0.4, 0.5) is 0 Å². The van der Waals surface area contributed by atoms with Crippen molar-refractivity contribution in [2.75, 3.05) is 6.61 Å². The zero-order valence-corrected chi connectivity index (χ0v) is 17.2. The van der Waals surface area contributed by atoms with Gasteiger partial charge in [-0.2, -0.15) is 0 Å². The van der Waals surface area contributed by atoms with Crippen molar-refractivity contribution >= 4 is 23.4 Å². The zero-order valence-electron chi connectivity index (χ0n) is 16.4. The number of esters is 1. The van der Waals surface area contributed by atoms with Crippen LogP contribution >= 0.6 is 11.6 Å². The van der Waals surface area contributed by atoms with Gasteiger partial charge in [0.2, 0.25) is 5.78 Å². The van der Waals surface area contributed by atoms with E-state index in [1.54, 1.807) is 6.08 Å². The first-order chi connectivity index (χ1) is 12.6. The molecule has 1 aliphatic heterocycles. The number of halogens is 1. The molecule has 2 rings (SSSR count). The van der Waals surface area contributed by atoms with Gasteiger partial charge in [0.15, 0.2) is 5.60 Å². The van der Waals surface area contributed by atoms with E-state index in [4.69, 9.17) is 21.1 Å². The van der Waals surface area contributed by atoms with Crippen molar-refractivity contribution in [3.05, 3.63) is 46.2 Å². The van der Waals surface area contributed by atoms with Gasteiger partial charge in [-0.1, -0.05) is 49.6 Å². The largest absolute Gasteiger partial charge is 0.493 e. The van der Waals surface area contributed by atoms with E-state index in [9.17, 15) is 14.7 Å². The molecule has 0 aromatic rings. The summed E-state index contributed by atoms with van der Waals surface area (Å²) >= 11 is 6.24. The Morgan fingerprint density at radius 1 is 1.52 bits per heavy atom. The fraction of sp³-hybridized carbons (Fsp3) is 0.524. The molecule has 0 bridgehead atoms. The number of hydrogen-bond acceptors (Lipinski definition) is 5. The third-order valence-electron chi connectivity index (χ3n) is 4.95. The molecule has 4 atom stereocenters. The van der Waals surface area contributed by atoms with Gasteiger partial charge in [-0.3, -0.25) is 9.59 Å². The van der Waals surface area contributed by atoms with Gasteiger partial charge in [-0.25, -0.2) is 0 Å². The smallest absolute Gasteiger partial charge is 0.303 e. The molecular weight excluding hydrogens is 368 g/mol. The first-order valence-corrected chi connectivity index (χ1v) is 9.50. The van der Waals surface area contributed by atoms with E-state index in [1.807, 2.05) is 19.1 Å². The highest BCUT2D eigenvalue weighted by molar-refractivity contribution is 6.44.